The molecule has 5 nitrogen and oxygen atoms in total. The molecule has 6 heteroatoms. The Morgan fingerprint density at radius 1 is 1.42 bits per heavy atom. The highest BCUT2D eigenvalue weighted by Crippen LogP contribution is 2.25. The number of hydrogen-bond donors (Lipinski definition) is 2. The van der Waals surface area contributed by atoms with Crippen LogP contribution in [-0.4, -0.2) is 36.6 Å². The maximum atomic E-state index is 11.6. The molecule has 0 unspecified atom stereocenters. The minimum Gasteiger partial charge on any atom is -0.478 e. The van der Waals surface area contributed by atoms with Crippen molar-refractivity contribution in [3.63, 3.8) is 0 Å². The van der Waals surface area contributed by atoms with Crippen LogP contribution in [-0.2, 0) is 4.79 Å². The van der Waals surface area contributed by atoms with Crippen LogP contribution in [0.2, 0.25) is 5.02 Å². The minimum atomic E-state index is -1.03. The van der Waals surface area contributed by atoms with Crippen molar-refractivity contribution in [1.29, 1.82) is 0 Å². The van der Waals surface area contributed by atoms with Crippen molar-refractivity contribution in [2.45, 2.75) is 19.9 Å². The van der Waals surface area contributed by atoms with Gasteiger partial charge < -0.3 is 15.3 Å². The number of carbonyl (C=O) groups excluding carboxylic acids is 1. The zero-order valence-electron chi connectivity index (χ0n) is 11.1. The highest BCUT2D eigenvalue weighted by atomic mass is 35.5. The molecule has 0 aliphatic carbocycles. The van der Waals surface area contributed by atoms with E-state index < -0.39 is 5.97 Å². The first-order valence-corrected chi connectivity index (χ1v) is 6.22. The third kappa shape index (κ3) is 4.44. The third-order valence-corrected chi connectivity index (χ3v) is 2.74. The van der Waals surface area contributed by atoms with E-state index in [1.165, 1.54) is 12.1 Å². The molecule has 1 rings (SSSR count). The van der Waals surface area contributed by atoms with Crippen LogP contribution in [0.4, 0.5) is 5.69 Å². The molecule has 0 saturated carbocycles. The summed E-state index contributed by atoms with van der Waals surface area (Å²) in [6, 6.07) is 4.50. The van der Waals surface area contributed by atoms with E-state index in [9.17, 15) is 9.59 Å². The lowest BCUT2D eigenvalue weighted by atomic mass is 10.2. The Balaban J connectivity index is 2.80. The van der Waals surface area contributed by atoms with Gasteiger partial charge in [-0.1, -0.05) is 11.6 Å². The topological polar surface area (TPSA) is 69.6 Å². The first-order chi connectivity index (χ1) is 8.81. The van der Waals surface area contributed by atoms with Crippen LogP contribution >= 0.6 is 11.6 Å². The fourth-order valence-corrected chi connectivity index (χ4v) is 1.94. The molecule has 2 N–H and O–H groups in total. The fraction of sp³-hybridized carbons (Fsp3) is 0.385. The van der Waals surface area contributed by atoms with E-state index in [0.717, 1.165) is 0 Å². The van der Waals surface area contributed by atoms with Gasteiger partial charge in [0, 0.05) is 13.1 Å². The van der Waals surface area contributed by atoms with E-state index >= 15 is 0 Å². The van der Waals surface area contributed by atoms with Gasteiger partial charge >= 0.3 is 5.97 Å². The van der Waals surface area contributed by atoms with Crippen LogP contribution < -0.4 is 10.2 Å². The van der Waals surface area contributed by atoms with Crippen LogP contribution in [0, 0.1) is 0 Å². The van der Waals surface area contributed by atoms with Gasteiger partial charge in [-0.25, -0.2) is 4.79 Å². The summed E-state index contributed by atoms with van der Waals surface area (Å²) in [7, 11) is 1.72. The standard InChI is InChI=1S/C13H17ClN2O3/c1-8(2)15-12(17)7-16(3)11-5-4-9(13(18)19)6-10(11)14/h4-6,8H,7H2,1-3H3,(H,15,17)(H,18,19). The summed E-state index contributed by atoms with van der Waals surface area (Å²) >= 11 is 6.02. The molecule has 1 aromatic carbocycles. The first kappa shape index (κ1) is 15.3. The van der Waals surface area contributed by atoms with E-state index in [0.29, 0.717) is 10.7 Å². The van der Waals surface area contributed by atoms with Gasteiger partial charge in [-0.2, -0.15) is 0 Å². The number of benzene rings is 1. The summed E-state index contributed by atoms with van der Waals surface area (Å²) < 4.78 is 0. The number of aromatic carboxylic acids is 1. The van der Waals surface area contributed by atoms with Crippen LogP contribution in [0.1, 0.15) is 24.2 Å². The number of likely N-dealkylation sites (N-methyl/N-ethyl adjacent to an activating group) is 1. The van der Waals surface area contributed by atoms with Crippen molar-refractivity contribution in [3.05, 3.63) is 28.8 Å². The molecular weight excluding hydrogens is 268 g/mol. The van der Waals surface area contributed by atoms with Crippen LogP contribution in [0.15, 0.2) is 18.2 Å². The Hall–Kier alpha value is -1.75. The molecule has 0 radical (unpaired) electrons. The second-order valence-electron chi connectivity index (χ2n) is 4.55. The molecule has 1 aromatic rings. The molecule has 0 heterocycles. The number of rotatable bonds is 5. The van der Waals surface area contributed by atoms with Crippen molar-refractivity contribution < 1.29 is 14.7 Å². The number of anilines is 1. The fourth-order valence-electron chi connectivity index (χ4n) is 1.62. The lowest BCUT2D eigenvalue weighted by Gasteiger charge is -2.21. The maximum absolute atomic E-state index is 11.6. The van der Waals surface area contributed by atoms with Crippen molar-refractivity contribution in [2.75, 3.05) is 18.5 Å². The minimum absolute atomic E-state index is 0.0748. The number of hydrogen-bond acceptors (Lipinski definition) is 3. The molecule has 0 aliphatic heterocycles. The van der Waals surface area contributed by atoms with Crippen molar-refractivity contribution >= 4 is 29.2 Å². The second-order valence-corrected chi connectivity index (χ2v) is 4.96. The number of amides is 1. The highest BCUT2D eigenvalue weighted by molar-refractivity contribution is 6.33. The van der Waals surface area contributed by atoms with Crippen molar-refractivity contribution in [1.82, 2.24) is 5.32 Å². The molecule has 1 amide bonds. The highest BCUT2D eigenvalue weighted by Gasteiger charge is 2.13. The Morgan fingerprint density at radius 3 is 2.53 bits per heavy atom. The van der Waals surface area contributed by atoms with Gasteiger partial charge in [0.05, 0.1) is 22.8 Å². The summed E-state index contributed by atoms with van der Waals surface area (Å²) in [5, 5.41) is 11.9. The average molecular weight is 285 g/mol. The molecular formula is C13H17ClN2O3. The first-order valence-electron chi connectivity index (χ1n) is 5.84. The van der Waals surface area contributed by atoms with Gasteiger partial charge in [0.15, 0.2) is 0 Å². The smallest absolute Gasteiger partial charge is 0.335 e. The van der Waals surface area contributed by atoms with E-state index in [1.807, 2.05) is 13.8 Å². The molecule has 0 aliphatic rings. The van der Waals surface area contributed by atoms with E-state index in [2.05, 4.69) is 5.32 Å². The number of nitrogens with one attached hydrogen (secondary N) is 1. The summed E-state index contributed by atoms with van der Waals surface area (Å²) in [6.45, 7) is 3.92. The molecule has 104 valence electrons. The van der Waals surface area contributed by atoms with Crippen molar-refractivity contribution in [2.24, 2.45) is 0 Å². The van der Waals surface area contributed by atoms with Gasteiger partial charge in [0.2, 0.25) is 5.91 Å². The molecule has 0 atom stereocenters. The molecule has 19 heavy (non-hydrogen) atoms. The summed E-state index contributed by atoms with van der Waals surface area (Å²) in [6.07, 6.45) is 0. The number of carboxylic acids is 1. The molecule has 0 aromatic heterocycles. The third-order valence-electron chi connectivity index (χ3n) is 2.44. The van der Waals surface area contributed by atoms with Gasteiger partial charge in [0.1, 0.15) is 0 Å². The summed E-state index contributed by atoms with van der Waals surface area (Å²) in [5.74, 6) is -1.15. The van der Waals surface area contributed by atoms with Gasteiger partial charge in [0.25, 0.3) is 0 Å². The van der Waals surface area contributed by atoms with Crippen LogP contribution in [0.5, 0.6) is 0 Å². The van der Waals surface area contributed by atoms with Gasteiger partial charge in [-0.15, -0.1) is 0 Å². The Bertz CT molecular complexity index is 489. The number of carbonyl (C=O) groups is 2. The predicted molar refractivity (Wildman–Crippen MR) is 75.0 cm³/mol. The normalized spacial score (nSPS) is 10.4. The zero-order chi connectivity index (χ0) is 14.6. The summed E-state index contributed by atoms with van der Waals surface area (Å²) in [4.78, 5) is 24.1. The Morgan fingerprint density at radius 2 is 2.05 bits per heavy atom. The number of carboxylic acid groups (broad SMARTS) is 1. The van der Waals surface area contributed by atoms with E-state index in [4.69, 9.17) is 16.7 Å². The zero-order valence-corrected chi connectivity index (χ0v) is 11.9. The van der Waals surface area contributed by atoms with Crippen LogP contribution in [0.3, 0.4) is 0 Å². The quantitative estimate of drug-likeness (QED) is 0.868. The average Bonchev–Trinajstić information content (AvgIpc) is 2.26. The molecule has 0 bridgehead atoms. The van der Waals surface area contributed by atoms with E-state index in [1.54, 1.807) is 18.0 Å². The SMILES string of the molecule is CC(C)NC(=O)CN(C)c1ccc(C(=O)O)cc1Cl. The Labute approximate surface area is 117 Å². The summed E-state index contributed by atoms with van der Waals surface area (Å²) in [5.41, 5.74) is 0.736. The number of halogens is 1. The maximum Gasteiger partial charge on any atom is 0.335 e. The Kier molecular flexibility index (Phi) is 5.18. The monoisotopic (exact) mass is 284 g/mol. The largest absolute Gasteiger partial charge is 0.478 e. The van der Waals surface area contributed by atoms with E-state index in [-0.39, 0.29) is 24.1 Å². The van der Waals surface area contributed by atoms with Gasteiger partial charge in [-0.05, 0) is 32.0 Å². The van der Waals surface area contributed by atoms with Crippen LogP contribution in [0.25, 0.3) is 0 Å². The molecule has 0 saturated heterocycles. The lowest BCUT2D eigenvalue weighted by Crippen LogP contribution is -2.38. The second kappa shape index (κ2) is 6.43. The van der Waals surface area contributed by atoms with Crippen molar-refractivity contribution in [3.8, 4) is 0 Å². The number of nitrogens with zero attached hydrogens (tertiary/aromatic N) is 1. The van der Waals surface area contributed by atoms with Gasteiger partial charge in [-0.3, -0.25) is 4.79 Å². The predicted octanol–water partition coefficient (Wildman–Crippen LogP) is 2.00. The molecule has 0 fully saturated rings. The molecule has 0 spiro atoms. The lowest BCUT2D eigenvalue weighted by molar-refractivity contribution is -0.120.